The molecule has 1 aromatic carbocycles. The molecule has 2 aliphatic heterocycles. The van der Waals surface area contributed by atoms with Crippen LogP contribution in [-0.4, -0.2) is 60.4 Å². The van der Waals surface area contributed by atoms with Gasteiger partial charge in [-0.15, -0.1) is 0 Å². The molecule has 3 N–H and O–H groups in total. The number of nitrogens with one attached hydrogen (secondary N) is 3. The summed E-state index contributed by atoms with van der Waals surface area (Å²) in [5, 5.41) is 8.77. The van der Waals surface area contributed by atoms with Crippen molar-refractivity contribution in [1.82, 2.24) is 20.9 Å². The van der Waals surface area contributed by atoms with Gasteiger partial charge in [-0.2, -0.15) is 0 Å². The van der Waals surface area contributed by atoms with Gasteiger partial charge in [0.05, 0.1) is 6.04 Å². The van der Waals surface area contributed by atoms with E-state index in [4.69, 9.17) is 0 Å². The van der Waals surface area contributed by atoms with Crippen LogP contribution in [0, 0.1) is 5.92 Å². The zero-order valence-corrected chi connectivity index (χ0v) is 16.6. The summed E-state index contributed by atoms with van der Waals surface area (Å²) >= 11 is 0. The van der Waals surface area contributed by atoms with E-state index in [0.717, 1.165) is 12.8 Å². The molecule has 2 fully saturated rings. The molecule has 1 aromatic rings. The van der Waals surface area contributed by atoms with Gasteiger partial charge in [0, 0.05) is 19.6 Å². The Bertz CT molecular complexity index is 703. The van der Waals surface area contributed by atoms with Gasteiger partial charge in [-0.25, -0.2) is 0 Å². The molecule has 0 aromatic heterocycles. The van der Waals surface area contributed by atoms with Crippen LogP contribution >= 0.6 is 0 Å². The molecule has 1 unspecified atom stereocenters. The highest BCUT2D eigenvalue weighted by molar-refractivity contribution is 5.94. The molecule has 2 heterocycles. The number of hydrogen-bond donors (Lipinski definition) is 3. The summed E-state index contributed by atoms with van der Waals surface area (Å²) in [5.41, 5.74) is 1.17. The molecule has 152 valence electrons. The van der Waals surface area contributed by atoms with Crippen LogP contribution in [0.2, 0.25) is 0 Å². The third-order valence-electron chi connectivity index (χ3n) is 5.35. The standard InChI is InChI=1S/C21H30N4O3/c1-14(2)18(24-19(26)16-13-23-16)21(28)25-12-6-9-17(25)20(27)22-11-10-15-7-4-3-5-8-15/h3-5,7-8,14,16-18,23H,6,9-13H2,1-2H3,(H,22,27)(H,24,26)/t16?,17-,18-/m0/s1. The average molecular weight is 386 g/mol. The Hall–Kier alpha value is -2.41. The zero-order chi connectivity index (χ0) is 20.1. The number of carbonyl (C=O) groups excluding carboxylic acids is 3. The van der Waals surface area contributed by atoms with Crippen LogP contribution in [0.1, 0.15) is 32.3 Å². The first kappa shape index (κ1) is 20.3. The summed E-state index contributed by atoms with van der Waals surface area (Å²) in [7, 11) is 0. The minimum atomic E-state index is -0.604. The monoisotopic (exact) mass is 386 g/mol. The lowest BCUT2D eigenvalue weighted by Crippen LogP contribution is -2.56. The van der Waals surface area contributed by atoms with Crippen molar-refractivity contribution in [3.63, 3.8) is 0 Å². The minimum Gasteiger partial charge on any atom is -0.354 e. The summed E-state index contributed by atoms with van der Waals surface area (Å²) in [6, 6.07) is 8.73. The Morgan fingerprint density at radius 2 is 1.89 bits per heavy atom. The normalized spacial score (nSPS) is 22.0. The Morgan fingerprint density at radius 1 is 1.18 bits per heavy atom. The number of hydrogen-bond acceptors (Lipinski definition) is 4. The summed E-state index contributed by atoms with van der Waals surface area (Å²) in [5.74, 6) is -0.461. The Morgan fingerprint density at radius 3 is 2.54 bits per heavy atom. The van der Waals surface area contributed by atoms with Crippen molar-refractivity contribution < 1.29 is 14.4 Å². The van der Waals surface area contributed by atoms with Crippen LogP contribution in [0.15, 0.2) is 30.3 Å². The number of carbonyl (C=O) groups is 3. The zero-order valence-electron chi connectivity index (χ0n) is 16.6. The molecule has 0 aliphatic carbocycles. The quantitative estimate of drug-likeness (QED) is 0.565. The van der Waals surface area contributed by atoms with Crippen molar-refractivity contribution in [3.8, 4) is 0 Å². The van der Waals surface area contributed by atoms with E-state index < -0.39 is 12.1 Å². The molecule has 7 heteroatoms. The maximum atomic E-state index is 13.1. The van der Waals surface area contributed by atoms with E-state index in [9.17, 15) is 14.4 Å². The SMILES string of the molecule is CC(C)[C@H](NC(=O)C1CN1)C(=O)N1CCC[C@H]1C(=O)NCCc1ccccc1. The second-order valence-electron chi connectivity index (χ2n) is 7.91. The maximum Gasteiger partial charge on any atom is 0.246 e. The third-order valence-corrected chi connectivity index (χ3v) is 5.35. The topological polar surface area (TPSA) is 100 Å². The third kappa shape index (κ3) is 5.10. The number of amides is 3. The Labute approximate surface area is 166 Å². The molecule has 7 nitrogen and oxygen atoms in total. The van der Waals surface area contributed by atoms with Crippen LogP contribution in [0.4, 0.5) is 0 Å². The first-order valence-corrected chi connectivity index (χ1v) is 10.1. The fourth-order valence-corrected chi connectivity index (χ4v) is 3.59. The average Bonchev–Trinajstić information content (AvgIpc) is 3.42. The highest BCUT2D eigenvalue weighted by Crippen LogP contribution is 2.20. The molecular formula is C21H30N4O3. The molecule has 2 saturated heterocycles. The summed E-state index contributed by atoms with van der Waals surface area (Å²) in [6.45, 7) is 5.57. The molecule has 0 radical (unpaired) electrons. The molecule has 0 bridgehead atoms. The first-order valence-electron chi connectivity index (χ1n) is 10.1. The van der Waals surface area contributed by atoms with Crippen molar-refractivity contribution in [2.75, 3.05) is 19.6 Å². The summed E-state index contributed by atoms with van der Waals surface area (Å²) in [4.78, 5) is 39.5. The van der Waals surface area contributed by atoms with E-state index in [0.29, 0.717) is 26.1 Å². The van der Waals surface area contributed by atoms with Crippen molar-refractivity contribution >= 4 is 17.7 Å². The fraction of sp³-hybridized carbons (Fsp3) is 0.571. The molecule has 3 amide bonds. The van der Waals surface area contributed by atoms with E-state index >= 15 is 0 Å². The van der Waals surface area contributed by atoms with E-state index in [1.54, 1.807) is 4.90 Å². The molecule has 2 aliphatic rings. The summed E-state index contributed by atoms with van der Waals surface area (Å²) in [6.07, 6.45) is 2.21. The lowest BCUT2D eigenvalue weighted by atomic mass is 10.0. The van der Waals surface area contributed by atoms with Gasteiger partial charge in [-0.1, -0.05) is 44.2 Å². The highest BCUT2D eigenvalue weighted by atomic mass is 16.2. The van der Waals surface area contributed by atoms with Gasteiger partial charge in [0.15, 0.2) is 0 Å². The lowest BCUT2D eigenvalue weighted by Gasteiger charge is -2.30. The molecule has 28 heavy (non-hydrogen) atoms. The highest BCUT2D eigenvalue weighted by Gasteiger charge is 2.40. The number of nitrogens with zero attached hydrogens (tertiary/aromatic N) is 1. The van der Waals surface area contributed by atoms with Crippen LogP contribution in [0.5, 0.6) is 0 Å². The Balaban J connectivity index is 1.56. The molecule has 3 atom stereocenters. The molecule has 3 rings (SSSR count). The minimum absolute atomic E-state index is 0.0439. The molecule has 0 spiro atoms. The van der Waals surface area contributed by atoms with Crippen LogP contribution in [0.3, 0.4) is 0 Å². The predicted octanol–water partition coefficient (Wildman–Crippen LogP) is 0.449. The van der Waals surface area contributed by atoms with E-state index in [2.05, 4.69) is 16.0 Å². The number of likely N-dealkylation sites (tertiary alicyclic amines) is 1. The number of rotatable bonds is 8. The van der Waals surface area contributed by atoms with E-state index in [1.807, 2.05) is 44.2 Å². The van der Waals surface area contributed by atoms with Crippen molar-refractivity contribution in [2.45, 2.75) is 51.2 Å². The van der Waals surface area contributed by atoms with Gasteiger partial charge in [0.1, 0.15) is 12.1 Å². The van der Waals surface area contributed by atoms with Crippen LogP contribution in [0.25, 0.3) is 0 Å². The van der Waals surface area contributed by atoms with Gasteiger partial charge in [-0.05, 0) is 30.7 Å². The first-order chi connectivity index (χ1) is 13.5. The van der Waals surface area contributed by atoms with Crippen molar-refractivity contribution in [2.24, 2.45) is 5.92 Å². The predicted molar refractivity (Wildman–Crippen MR) is 106 cm³/mol. The smallest absolute Gasteiger partial charge is 0.246 e. The lowest BCUT2D eigenvalue weighted by molar-refractivity contribution is -0.142. The second-order valence-corrected chi connectivity index (χ2v) is 7.91. The van der Waals surface area contributed by atoms with Crippen LogP contribution < -0.4 is 16.0 Å². The molecular weight excluding hydrogens is 356 g/mol. The molecule has 0 saturated carbocycles. The van der Waals surface area contributed by atoms with Gasteiger partial charge < -0.3 is 20.9 Å². The van der Waals surface area contributed by atoms with Crippen LogP contribution in [-0.2, 0) is 20.8 Å². The van der Waals surface area contributed by atoms with E-state index in [1.165, 1.54) is 5.56 Å². The fourth-order valence-electron chi connectivity index (χ4n) is 3.59. The van der Waals surface area contributed by atoms with Gasteiger partial charge in [0.25, 0.3) is 0 Å². The maximum absolute atomic E-state index is 13.1. The van der Waals surface area contributed by atoms with E-state index in [-0.39, 0.29) is 29.7 Å². The largest absolute Gasteiger partial charge is 0.354 e. The number of benzene rings is 1. The van der Waals surface area contributed by atoms with Crippen molar-refractivity contribution in [1.29, 1.82) is 0 Å². The second kappa shape index (κ2) is 9.19. The Kier molecular flexibility index (Phi) is 6.67. The summed E-state index contributed by atoms with van der Waals surface area (Å²) < 4.78 is 0. The van der Waals surface area contributed by atoms with Gasteiger partial charge >= 0.3 is 0 Å². The van der Waals surface area contributed by atoms with Crippen molar-refractivity contribution in [3.05, 3.63) is 35.9 Å². The van der Waals surface area contributed by atoms with Gasteiger partial charge in [0.2, 0.25) is 17.7 Å². The van der Waals surface area contributed by atoms with Gasteiger partial charge in [-0.3, -0.25) is 14.4 Å².